The molecule has 2 rings (SSSR count). The fourth-order valence-electron chi connectivity index (χ4n) is 1.09. The molecule has 0 amide bonds. The van der Waals surface area contributed by atoms with Crippen LogP contribution in [0.4, 0.5) is 8.78 Å². The fraction of sp³-hybridized carbons (Fsp3) is 0. The maximum Gasteiger partial charge on any atom is 0.377 e. The number of benzene rings is 1. The third-order valence-electron chi connectivity index (χ3n) is 1.80. The van der Waals surface area contributed by atoms with E-state index in [0.717, 1.165) is 6.07 Å². The summed E-state index contributed by atoms with van der Waals surface area (Å²) in [6.45, 7) is 0. The van der Waals surface area contributed by atoms with Gasteiger partial charge in [0.15, 0.2) is 11.6 Å². The van der Waals surface area contributed by atoms with E-state index < -0.39 is 23.4 Å². The van der Waals surface area contributed by atoms with Gasteiger partial charge < -0.3 is 9.63 Å². The highest BCUT2D eigenvalue weighted by molar-refractivity contribution is 5.83. The van der Waals surface area contributed by atoms with Crippen LogP contribution in [0.3, 0.4) is 0 Å². The highest BCUT2D eigenvalue weighted by Gasteiger charge is 2.18. The zero-order valence-electron chi connectivity index (χ0n) is 7.65. The van der Waals surface area contributed by atoms with E-state index in [2.05, 4.69) is 14.7 Å². The molecule has 0 radical (unpaired) electrons. The Balaban J connectivity index is 2.50. The van der Waals surface area contributed by atoms with Crippen LogP contribution in [-0.4, -0.2) is 21.2 Å². The molecule has 0 unspecified atom stereocenters. The minimum atomic E-state index is -1.41. The molecular formula is C9H4F2N2O3. The summed E-state index contributed by atoms with van der Waals surface area (Å²) in [5.41, 5.74) is -0.278. The Morgan fingerprint density at radius 3 is 2.75 bits per heavy atom. The molecule has 16 heavy (non-hydrogen) atoms. The van der Waals surface area contributed by atoms with Crippen LogP contribution >= 0.6 is 0 Å². The van der Waals surface area contributed by atoms with Gasteiger partial charge >= 0.3 is 5.97 Å². The largest absolute Gasteiger partial charge is 0.475 e. The van der Waals surface area contributed by atoms with Gasteiger partial charge in [0.25, 0.3) is 11.7 Å². The van der Waals surface area contributed by atoms with Gasteiger partial charge in [-0.3, -0.25) is 0 Å². The number of carboxylic acids is 1. The fourth-order valence-corrected chi connectivity index (χ4v) is 1.09. The lowest BCUT2D eigenvalue weighted by atomic mass is 10.2. The van der Waals surface area contributed by atoms with Gasteiger partial charge in [0.1, 0.15) is 0 Å². The van der Waals surface area contributed by atoms with E-state index in [1.807, 2.05) is 0 Å². The van der Waals surface area contributed by atoms with Crippen molar-refractivity contribution in [2.45, 2.75) is 0 Å². The molecule has 1 heterocycles. The van der Waals surface area contributed by atoms with Gasteiger partial charge in [-0.25, -0.2) is 13.6 Å². The van der Waals surface area contributed by atoms with E-state index in [9.17, 15) is 13.6 Å². The number of carboxylic acid groups (broad SMARTS) is 1. The maximum atomic E-state index is 13.2. The number of halogens is 2. The van der Waals surface area contributed by atoms with Gasteiger partial charge in [-0.2, -0.15) is 4.98 Å². The second-order valence-electron chi connectivity index (χ2n) is 2.83. The first-order valence-corrected chi connectivity index (χ1v) is 4.11. The highest BCUT2D eigenvalue weighted by Crippen LogP contribution is 2.22. The first-order valence-electron chi connectivity index (χ1n) is 4.11. The molecule has 2 aromatic rings. The van der Waals surface area contributed by atoms with Crippen molar-refractivity contribution < 1.29 is 23.2 Å². The second kappa shape index (κ2) is 3.69. The molecule has 0 spiro atoms. The summed E-state index contributed by atoms with van der Waals surface area (Å²) >= 11 is 0. The van der Waals surface area contributed by atoms with Crippen LogP contribution in [0.2, 0.25) is 0 Å². The Bertz CT molecular complexity index is 553. The first-order chi connectivity index (χ1) is 7.59. The van der Waals surface area contributed by atoms with Crippen LogP contribution in [0, 0.1) is 11.6 Å². The molecule has 0 saturated heterocycles. The molecule has 0 fully saturated rings. The Kier molecular flexibility index (Phi) is 2.35. The molecule has 0 bridgehead atoms. The van der Waals surface area contributed by atoms with Crippen molar-refractivity contribution in [3.63, 3.8) is 0 Å². The average molecular weight is 226 g/mol. The summed E-state index contributed by atoms with van der Waals surface area (Å²) in [6.07, 6.45) is 0. The van der Waals surface area contributed by atoms with Crippen molar-refractivity contribution in [2.75, 3.05) is 0 Å². The van der Waals surface area contributed by atoms with Crippen LogP contribution in [-0.2, 0) is 0 Å². The average Bonchev–Trinajstić information content (AvgIpc) is 2.71. The summed E-state index contributed by atoms with van der Waals surface area (Å²) in [6, 6.07) is 3.38. The second-order valence-corrected chi connectivity index (χ2v) is 2.83. The van der Waals surface area contributed by atoms with Gasteiger partial charge in [-0.1, -0.05) is 6.07 Å². The predicted octanol–water partition coefficient (Wildman–Crippen LogP) is 1.71. The number of hydrogen-bond acceptors (Lipinski definition) is 4. The minimum Gasteiger partial charge on any atom is -0.475 e. The van der Waals surface area contributed by atoms with E-state index in [1.165, 1.54) is 12.1 Å². The number of aromatic carboxylic acids is 1. The monoisotopic (exact) mass is 226 g/mol. The standard InChI is InChI=1S/C9H4F2N2O3/c10-5-3-1-2-4(6(5)11)8-12-7(9(14)15)13-16-8/h1-3H,(H,14,15). The number of carbonyl (C=O) groups is 1. The normalized spacial score (nSPS) is 10.4. The van der Waals surface area contributed by atoms with Crippen LogP contribution in [0.5, 0.6) is 0 Å². The van der Waals surface area contributed by atoms with E-state index >= 15 is 0 Å². The maximum absolute atomic E-state index is 13.2. The van der Waals surface area contributed by atoms with E-state index in [-0.39, 0.29) is 11.5 Å². The van der Waals surface area contributed by atoms with Crippen LogP contribution in [0.1, 0.15) is 10.6 Å². The predicted molar refractivity (Wildman–Crippen MR) is 46.6 cm³/mol. The van der Waals surface area contributed by atoms with Crippen molar-refractivity contribution in [3.8, 4) is 11.5 Å². The molecule has 0 aliphatic heterocycles. The molecule has 0 aliphatic carbocycles. The summed E-state index contributed by atoms with van der Waals surface area (Å²) in [4.78, 5) is 13.8. The van der Waals surface area contributed by atoms with Crippen molar-refractivity contribution >= 4 is 5.97 Å². The Morgan fingerprint density at radius 1 is 1.38 bits per heavy atom. The lowest BCUT2D eigenvalue weighted by Gasteiger charge is -1.96. The molecule has 0 aliphatic rings. The first kappa shape index (κ1) is 10.2. The van der Waals surface area contributed by atoms with Gasteiger partial charge in [-0.15, -0.1) is 0 Å². The van der Waals surface area contributed by atoms with Gasteiger partial charge in [0, 0.05) is 0 Å². The topological polar surface area (TPSA) is 76.2 Å². The smallest absolute Gasteiger partial charge is 0.377 e. The lowest BCUT2D eigenvalue weighted by Crippen LogP contribution is -1.98. The molecule has 1 aromatic heterocycles. The minimum absolute atomic E-state index is 0.278. The van der Waals surface area contributed by atoms with E-state index in [1.54, 1.807) is 0 Å². The van der Waals surface area contributed by atoms with Gasteiger partial charge in [0.05, 0.1) is 5.56 Å². The summed E-state index contributed by atoms with van der Waals surface area (Å²) in [5, 5.41) is 11.6. The van der Waals surface area contributed by atoms with E-state index in [0.29, 0.717) is 0 Å². The number of rotatable bonds is 2. The van der Waals surface area contributed by atoms with Crippen LogP contribution in [0.15, 0.2) is 22.7 Å². The summed E-state index contributed by atoms with van der Waals surface area (Å²) in [5.74, 6) is -4.64. The molecule has 1 aromatic carbocycles. The zero-order chi connectivity index (χ0) is 11.7. The van der Waals surface area contributed by atoms with Crippen molar-refractivity contribution in [1.82, 2.24) is 10.1 Å². The van der Waals surface area contributed by atoms with Crippen LogP contribution in [0.25, 0.3) is 11.5 Å². The van der Waals surface area contributed by atoms with Gasteiger partial charge in [0.2, 0.25) is 0 Å². The molecule has 1 N–H and O–H groups in total. The van der Waals surface area contributed by atoms with Crippen molar-refractivity contribution in [3.05, 3.63) is 35.7 Å². The Labute approximate surface area is 87.3 Å². The molecule has 7 heteroatoms. The Morgan fingerprint density at radius 2 is 2.12 bits per heavy atom. The number of aromatic nitrogens is 2. The summed E-state index contributed by atoms with van der Waals surface area (Å²) < 4.78 is 30.6. The molecule has 82 valence electrons. The molecule has 5 nitrogen and oxygen atoms in total. The molecular weight excluding hydrogens is 222 g/mol. The zero-order valence-corrected chi connectivity index (χ0v) is 7.65. The van der Waals surface area contributed by atoms with E-state index in [4.69, 9.17) is 5.11 Å². The SMILES string of the molecule is O=C(O)c1noc(-c2cccc(F)c2F)n1. The molecule has 0 saturated carbocycles. The van der Waals surface area contributed by atoms with Crippen molar-refractivity contribution in [2.24, 2.45) is 0 Å². The Hall–Kier alpha value is -2.31. The van der Waals surface area contributed by atoms with Crippen molar-refractivity contribution in [1.29, 1.82) is 0 Å². The van der Waals surface area contributed by atoms with Gasteiger partial charge in [-0.05, 0) is 17.3 Å². The quantitative estimate of drug-likeness (QED) is 0.843. The lowest BCUT2D eigenvalue weighted by molar-refractivity contribution is 0.0680. The molecule has 0 atom stereocenters. The summed E-state index contributed by atoms with van der Waals surface area (Å²) in [7, 11) is 0. The highest BCUT2D eigenvalue weighted by atomic mass is 19.2. The number of hydrogen-bond donors (Lipinski definition) is 1. The third kappa shape index (κ3) is 1.62. The number of nitrogens with zero attached hydrogens (tertiary/aromatic N) is 2. The third-order valence-corrected chi connectivity index (χ3v) is 1.80. The van der Waals surface area contributed by atoms with Crippen LogP contribution < -0.4 is 0 Å².